The highest BCUT2D eigenvalue weighted by Crippen LogP contribution is 2.22. The van der Waals surface area contributed by atoms with Gasteiger partial charge in [-0.25, -0.2) is 4.98 Å². The number of aryl methyl sites for hydroxylation is 1. The fraction of sp³-hybridized carbons (Fsp3) is 0.400. The smallest absolute Gasteiger partial charge is 0.325 e. The summed E-state index contributed by atoms with van der Waals surface area (Å²) >= 11 is 3.39. The quantitative estimate of drug-likeness (QED) is 0.854. The van der Waals surface area contributed by atoms with Crippen molar-refractivity contribution in [1.82, 2.24) is 4.98 Å². The predicted molar refractivity (Wildman–Crippen MR) is 61.8 cm³/mol. The monoisotopic (exact) mass is 272 g/mol. The average molecular weight is 273 g/mol. The summed E-state index contributed by atoms with van der Waals surface area (Å²) in [5.74, 6) is 0.371. The van der Waals surface area contributed by atoms with Crippen molar-refractivity contribution in [3.63, 3.8) is 0 Å². The fourth-order valence-electron chi connectivity index (χ4n) is 1.03. The second-order valence-corrected chi connectivity index (χ2v) is 3.74. The van der Waals surface area contributed by atoms with Gasteiger partial charge >= 0.3 is 5.97 Å². The van der Waals surface area contributed by atoms with E-state index in [1.54, 1.807) is 13.1 Å². The molecule has 0 atom stereocenters. The lowest BCUT2D eigenvalue weighted by atomic mass is 10.3. The predicted octanol–water partition coefficient (Wildman–Crippen LogP) is 2.13. The Balaban J connectivity index is 2.58. The maximum Gasteiger partial charge on any atom is 0.325 e. The van der Waals surface area contributed by atoms with Crippen LogP contribution in [0.4, 0.5) is 5.82 Å². The zero-order valence-corrected chi connectivity index (χ0v) is 10.3. The van der Waals surface area contributed by atoms with Crippen molar-refractivity contribution in [2.24, 2.45) is 0 Å². The summed E-state index contributed by atoms with van der Waals surface area (Å²) in [6, 6.07) is 1.89. The van der Waals surface area contributed by atoms with Crippen LogP contribution in [0.5, 0.6) is 0 Å². The molecule has 0 fully saturated rings. The van der Waals surface area contributed by atoms with E-state index in [9.17, 15) is 4.79 Å². The van der Waals surface area contributed by atoms with Crippen LogP contribution in [0.1, 0.15) is 12.5 Å². The van der Waals surface area contributed by atoms with Gasteiger partial charge < -0.3 is 10.1 Å². The highest BCUT2D eigenvalue weighted by molar-refractivity contribution is 9.10. The van der Waals surface area contributed by atoms with E-state index in [0.29, 0.717) is 12.4 Å². The van der Waals surface area contributed by atoms with E-state index in [0.717, 1.165) is 10.0 Å². The van der Waals surface area contributed by atoms with E-state index in [2.05, 4.69) is 26.2 Å². The average Bonchev–Trinajstić information content (AvgIpc) is 2.21. The largest absolute Gasteiger partial charge is 0.465 e. The molecule has 0 aliphatic heterocycles. The number of carbonyl (C=O) groups is 1. The second kappa shape index (κ2) is 5.70. The molecule has 5 heteroatoms. The minimum Gasteiger partial charge on any atom is -0.465 e. The zero-order valence-electron chi connectivity index (χ0n) is 8.71. The lowest BCUT2D eigenvalue weighted by molar-refractivity contribution is -0.140. The van der Waals surface area contributed by atoms with E-state index in [1.165, 1.54) is 0 Å². The minimum atomic E-state index is -0.285. The molecule has 0 aliphatic rings. The van der Waals surface area contributed by atoms with Gasteiger partial charge in [0.1, 0.15) is 12.4 Å². The van der Waals surface area contributed by atoms with Gasteiger partial charge in [-0.3, -0.25) is 4.79 Å². The third kappa shape index (κ3) is 3.51. The Morgan fingerprint density at radius 2 is 2.40 bits per heavy atom. The van der Waals surface area contributed by atoms with E-state index >= 15 is 0 Å². The lowest BCUT2D eigenvalue weighted by Gasteiger charge is -2.08. The molecular weight excluding hydrogens is 260 g/mol. The molecule has 1 heterocycles. The van der Waals surface area contributed by atoms with Gasteiger partial charge in [-0.05, 0) is 41.4 Å². The number of halogens is 1. The second-order valence-electron chi connectivity index (χ2n) is 2.95. The number of hydrogen-bond donors (Lipinski definition) is 1. The summed E-state index contributed by atoms with van der Waals surface area (Å²) in [5, 5.41) is 2.91. The summed E-state index contributed by atoms with van der Waals surface area (Å²) in [6.07, 6.45) is 1.69. The van der Waals surface area contributed by atoms with Crippen molar-refractivity contribution in [3.8, 4) is 0 Å². The van der Waals surface area contributed by atoms with Crippen LogP contribution in [0.15, 0.2) is 16.7 Å². The van der Waals surface area contributed by atoms with Crippen LogP contribution >= 0.6 is 15.9 Å². The van der Waals surface area contributed by atoms with E-state index in [1.807, 2.05) is 13.0 Å². The zero-order chi connectivity index (χ0) is 11.3. The summed E-state index contributed by atoms with van der Waals surface area (Å²) < 4.78 is 5.66. The minimum absolute atomic E-state index is 0.128. The van der Waals surface area contributed by atoms with E-state index in [-0.39, 0.29) is 12.5 Å². The summed E-state index contributed by atoms with van der Waals surface area (Å²) in [5.41, 5.74) is 1.07. The van der Waals surface area contributed by atoms with Crippen LogP contribution in [0.2, 0.25) is 0 Å². The van der Waals surface area contributed by atoms with Gasteiger partial charge in [0.25, 0.3) is 0 Å². The first-order chi connectivity index (χ1) is 7.15. The van der Waals surface area contributed by atoms with Crippen LogP contribution in [-0.4, -0.2) is 24.1 Å². The molecule has 4 nitrogen and oxygen atoms in total. The van der Waals surface area contributed by atoms with Crippen LogP contribution in [0.25, 0.3) is 0 Å². The van der Waals surface area contributed by atoms with Crippen molar-refractivity contribution in [2.75, 3.05) is 18.5 Å². The topological polar surface area (TPSA) is 51.2 Å². The Hall–Kier alpha value is -1.10. The molecule has 0 bridgehead atoms. The first-order valence-electron chi connectivity index (χ1n) is 4.65. The van der Waals surface area contributed by atoms with Crippen molar-refractivity contribution in [1.29, 1.82) is 0 Å². The first-order valence-corrected chi connectivity index (χ1v) is 5.45. The highest BCUT2D eigenvalue weighted by Gasteiger charge is 2.06. The molecule has 1 aromatic heterocycles. The van der Waals surface area contributed by atoms with Gasteiger partial charge in [0, 0.05) is 6.20 Å². The third-order valence-corrected chi connectivity index (χ3v) is 2.79. The molecular formula is C10H13BrN2O2. The Kier molecular flexibility index (Phi) is 4.55. The number of aromatic nitrogens is 1. The number of anilines is 1. The molecule has 0 saturated heterocycles. The molecule has 0 amide bonds. The molecule has 1 aromatic rings. The van der Waals surface area contributed by atoms with Crippen molar-refractivity contribution in [2.45, 2.75) is 13.8 Å². The van der Waals surface area contributed by atoms with Crippen LogP contribution in [0.3, 0.4) is 0 Å². The Labute approximate surface area is 97.2 Å². The number of nitrogens with one attached hydrogen (secondary N) is 1. The molecule has 15 heavy (non-hydrogen) atoms. The fourth-order valence-corrected chi connectivity index (χ4v) is 1.41. The van der Waals surface area contributed by atoms with Crippen LogP contribution in [0, 0.1) is 6.92 Å². The maximum atomic E-state index is 11.1. The number of pyridine rings is 1. The molecule has 0 radical (unpaired) electrons. The molecule has 1 N–H and O–H groups in total. The summed E-state index contributed by atoms with van der Waals surface area (Å²) in [7, 11) is 0. The molecule has 0 saturated carbocycles. The maximum absolute atomic E-state index is 11.1. The van der Waals surface area contributed by atoms with Gasteiger partial charge in [0.05, 0.1) is 11.1 Å². The van der Waals surface area contributed by atoms with Gasteiger partial charge in [0.15, 0.2) is 0 Å². The van der Waals surface area contributed by atoms with Gasteiger partial charge in [-0.2, -0.15) is 0 Å². The van der Waals surface area contributed by atoms with Crippen molar-refractivity contribution >= 4 is 27.7 Å². The Morgan fingerprint density at radius 3 is 3.07 bits per heavy atom. The molecule has 0 aromatic carbocycles. The summed E-state index contributed by atoms with van der Waals surface area (Å²) in [6.45, 7) is 4.26. The number of rotatable bonds is 4. The normalized spacial score (nSPS) is 9.80. The number of hydrogen-bond acceptors (Lipinski definition) is 4. The Morgan fingerprint density at radius 1 is 1.67 bits per heavy atom. The molecule has 0 unspecified atom stereocenters. The number of esters is 1. The van der Waals surface area contributed by atoms with Crippen molar-refractivity contribution < 1.29 is 9.53 Å². The van der Waals surface area contributed by atoms with Crippen molar-refractivity contribution in [3.05, 3.63) is 22.3 Å². The Bertz CT molecular complexity index is 355. The number of ether oxygens (including phenoxy) is 1. The van der Waals surface area contributed by atoms with E-state index < -0.39 is 0 Å². The lowest BCUT2D eigenvalue weighted by Crippen LogP contribution is -2.17. The third-order valence-electron chi connectivity index (χ3n) is 1.79. The first kappa shape index (κ1) is 12.0. The standard InChI is InChI=1S/C10H13BrN2O2/c1-3-15-8(14)6-13-10-9(11)7(2)4-5-12-10/h4-5H,3,6H2,1-2H3,(H,12,13). The molecule has 0 spiro atoms. The van der Waals surface area contributed by atoms with Gasteiger partial charge in [0.2, 0.25) is 0 Å². The summed E-state index contributed by atoms with van der Waals surface area (Å²) in [4.78, 5) is 15.2. The number of carbonyl (C=O) groups excluding carboxylic acids is 1. The molecule has 1 rings (SSSR count). The molecule has 0 aliphatic carbocycles. The highest BCUT2D eigenvalue weighted by atomic mass is 79.9. The van der Waals surface area contributed by atoms with E-state index in [4.69, 9.17) is 4.74 Å². The van der Waals surface area contributed by atoms with Gasteiger partial charge in [-0.15, -0.1) is 0 Å². The number of nitrogens with zero attached hydrogens (tertiary/aromatic N) is 1. The molecule has 82 valence electrons. The SMILES string of the molecule is CCOC(=O)CNc1nccc(C)c1Br. The van der Waals surface area contributed by atoms with Crippen LogP contribution in [-0.2, 0) is 9.53 Å². The van der Waals surface area contributed by atoms with Gasteiger partial charge in [-0.1, -0.05) is 0 Å². The van der Waals surface area contributed by atoms with Crippen LogP contribution < -0.4 is 5.32 Å².